The molecule has 3 aromatic carbocycles. The maximum Gasteiger partial charge on any atom is 0.328 e. The normalized spacial score (nSPS) is 15.6. The summed E-state index contributed by atoms with van der Waals surface area (Å²) in [5.41, 5.74) is 5.65. The monoisotopic (exact) mass is 486 g/mol. The van der Waals surface area contributed by atoms with Crippen LogP contribution in [-0.4, -0.2) is 57.0 Å². The van der Waals surface area contributed by atoms with Gasteiger partial charge in [0.1, 0.15) is 0 Å². The minimum atomic E-state index is -1.03. The summed E-state index contributed by atoms with van der Waals surface area (Å²) in [5.74, 6) is -1.23. The lowest BCUT2D eigenvalue weighted by atomic mass is 10.0. The van der Waals surface area contributed by atoms with E-state index in [1.54, 1.807) is 23.1 Å². The van der Waals surface area contributed by atoms with Gasteiger partial charge in [-0.15, -0.1) is 0 Å². The summed E-state index contributed by atoms with van der Waals surface area (Å²) in [7, 11) is 4.03. The summed E-state index contributed by atoms with van der Waals surface area (Å²) in [4.78, 5) is 28.1. The number of anilines is 2. The van der Waals surface area contributed by atoms with Crippen molar-refractivity contribution in [1.29, 1.82) is 0 Å². The Morgan fingerprint density at radius 1 is 0.944 bits per heavy atom. The summed E-state index contributed by atoms with van der Waals surface area (Å²) in [6.07, 6.45) is 1.89. The zero-order valence-corrected chi connectivity index (χ0v) is 20.5. The van der Waals surface area contributed by atoms with Crippen LogP contribution >= 0.6 is 0 Å². The number of carboxylic acid groups (broad SMARTS) is 1. The van der Waals surface area contributed by atoms with E-state index in [-0.39, 0.29) is 12.5 Å². The number of amides is 1. The Morgan fingerprint density at radius 3 is 2.25 bits per heavy atom. The molecule has 4 rings (SSSR count). The Hall–Kier alpha value is -3.94. The van der Waals surface area contributed by atoms with E-state index in [1.165, 1.54) is 6.08 Å². The molecule has 3 aromatic rings. The van der Waals surface area contributed by atoms with E-state index in [9.17, 15) is 9.59 Å². The second-order valence-electron chi connectivity index (χ2n) is 8.76. The van der Waals surface area contributed by atoms with Gasteiger partial charge < -0.3 is 24.4 Å². The van der Waals surface area contributed by atoms with Crippen LogP contribution in [0.3, 0.4) is 0 Å². The highest BCUT2D eigenvalue weighted by molar-refractivity contribution is 5.97. The highest BCUT2D eigenvalue weighted by Crippen LogP contribution is 2.26. The van der Waals surface area contributed by atoms with Crippen molar-refractivity contribution in [2.45, 2.75) is 12.6 Å². The fraction of sp³-hybridized carbons (Fsp3) is 0.241. The summed E-state index contributed by atoms with van der Waals surface area (Å²) in [6.45, 7) is 1.38. The van der Waals surface area contributed by atoms with Gasteiger partial charge in [-0.25, -0.2) is 4.79 Å². The second-order valence-corrected chi connectivity index (χ2v) is 8.76. The highest BCUT2D eigenvalue weighted by Gasteiger charge is 2.29. The number of hydrogen-bond acceptors (Lipinski definition) is 5. The third-order valence-corrected chi connectivity index (χ3v) is 5.97. The summed E-state index contributed by atoms with van der Waals surface area (Å²) in [6, 6.07) is 23.7. The average molecular weight is 487 g/mol. The Kier molecular flexibility index (Phi) is 8.15. The topological polar surface area (TPSA) is 79.3 Å². The molecule has 1 amide bonds. The molecule has 186 valence electrons. The molecule has 0 aromatic heterocycles. The van der Waals surface area contributed by atoms with Gasteiger partial charge in [-0.2, -0.15) is 0 Å². The first-order valence-corrected chi connectivity index (χ1v) is 11.8. The van der Waals surface area contributed by atoms with Crippen LogP contribution in [0.15, 0.2) is 78.9 Å². The maximum absolute atomic E-state index is 13.5. The third-order valence-electron chi connectivity index (χ3n) is 5.97. The van der Waals surface area contributed by atoms with Crippen LogP contribution in [-0.2, 0) is 25.6 Å². The summed E-state index contributed by atoms with van der Waals surface area (Å²) >= 11 is 0. The molecule has 0 saturated carbocycles. The number of carbonyl (C=O) groups is 2. The number of aliphatic carboxylic acids is 1. The highest BCUT2D eigenvalue weighted by atomic mass is 16.6. The fourth-order valence-electron chi connectivity index (χ4n) is 4.00. The van der Waals surface area contributed by atoms with Crippen LogP contribution in [0.4, 0.5) is 11.4 Å². The van der Waals surface area contributed by atoms with Crippen LogP contribution in [0.1, 0.15) is 11.1 Å². The molecule has 1 atom stereocenters. The zero-order valence-electron chi connectivity index (χ0n) is 20.5. The fourth-order valence-corrected chi connectivity index (χ4v) is 4.00. The molecule has 0 spiro atoms. The first-order valence-electron chi connectivity index (χ1n) is 11.8. The van der Waals surface area contributed by atoms with Crippen molar-refractivity contribution >= 4 is 29.3 Å². The maximum atomic E-state index is 13.5. The standard InChI is InChI=1S/C29H30N2O5/c1-30(2)25-13-11-24(12-14-25)23-9-6-22(7-10-23)19-31(29(34)27-20-35-16-17-36-27)26-5-3-4-21(18-26)8-15-28(32)33/h3-15,18,27H,16-17,19-20H2,1-2H3,(H,32,33)/t27-/m1/s1. The molecule has 1 heterocycles. The minimum Gasteiger partial charge on any atom is -0.478 e. The van der Waals surface area contributed by atoms with Crippen LogP contribution in [0.2, 0.25) is 0 Å². The van der Waals surface area contributed by atoms with Gasteiger partial charge in [0.05, 0.1) is 26.4 Å². The largest absolute Gasteiger partial charge is 0.478 e. The first-order chi connectivity index (χ1) is 17.4. The summed E-state index contributed by atoms with van der Waals surface area (Å²) in [5, 5.41) is 8.97. The van der Waals surface area contributed by atoms with Crippen molar-refractivity contribution in [2.24, 2.45) is 0 Å². The predicted octanol–water partition coefficient (Wildman–Crippen LogP) is 4.47. The van der Waals surface area contributed by atoms with E-state index in [0.29, 0.717) is 31.0 Å². The molecule has 0 unspecified atom stereocenters. The van der Waals surface area contributed by atoms with Gasteiger partial charge in [-0.3, -0.25) is 4.79 Å². The Bertz CT molecular complexity index is 1210. The quantitative estimate of drug-likeness (QED) is 0.474. The predicted molar refractivity (Wildman–Crippen MR) is 141 cm³/mol. The smallest absolute Gasteiger partial charge is 0.328 e. The molecule has 1 N–H and O–H groups in total. The van der Waals surface area contributed by atoms with E-state index >= 15 is 0 Å². The molecule has 7 nitrogen and oxygen atoms in total. The number of benzene rings is 3. The Balaban J connectivity index is 1.58. The lowest BCUT2D eigenvalue weighted by Gasteiger charge is -2.30. The second kappa shape index (κ2) is 11.7. The molecule has 1 saturated heterocycles. The number of carboxylic acids is 1. The van der Waals surface area contributed by atoms with Crippen LogP contribution in [0.5, 0.6) is 0 Å². The third kappa shape index (κ3) is 6.38. The van der Waals surface area contributed by atoms with Crippen molar-refractivity contribution in [2.75, 3.05) is 43.7 Å². The van der Waals surface area contributed by atoms with E-state index < -0.39 is 12.1 Å². The van der Waals surface area contributed by atoms with Crippen molar-refractivity contribution in [3.8, 4) is 11.1 Å². The number of carbonyl (C=O) groups excluding carboxylic acids is 1. The average Bonchev–Trinajstić information content (AvgIpc) is 2.91. The van der Waals surface area contributed by atoms with E-state index in [1.807, 2.05) is 32.3 Å². The van der Waals surface area contributed by atoms with Gasteiger partial charge in [-0.1, -0.05) is 48.5 Å². The van der Waals surface area contributed by atoms with Crippen molar-refractivity contribution < 1.29 is 24.2 Å². The van der Waals surface area contributed by atoms with Gasteiger partial charge in [0.15, 0.2) is 6.10 Å². The Labute approximate surface area is 211 Å². The zero-order chi connectivity index (χ0) is 25.5. The van der Waals surface area contributed by atoms with E-state index in [2.05, 4.69) is 41.3 Å². The lowest BCUT2D eigenvalue weighted by Crippen LogP contribution is -2.45. The minimum absolute atomic E-state index is 0.197. The van der Waals surface area contributed by atoms with Crippen LogP contribution in [0, 0.1) is 0 Å². The molecular formula is C29H30N2O5. The number of nitrogens with zero attached hydrogens (tertiary/aromatic N) is 2. The molecular weight excluding hydrogens is 456 g/mol. The van der Waals surface area contributed by atoms with Gasteiger partial charge in [0.25, 0.3) is 5.91 Å². The van der Waals surface area contributed by atoms with E-state index in [0.717, 1.165) is 28.5 Å². The molecule has 1 aliphatic heterocycles. The van der Waals surface area contributed by atoms with E-state index in [4.69, 9.17) is 14.6 Å². The van der Waals surface area contributed by atoms with Gasteiger partial charge in [-0.05, 0) is 52.6 Å². The molecule has 0 aliphatic carbocycles. The van der Waals surface area contributed by atoms with Crippen molar-refractivity contribution in [3.05, 3.63) is 90.0 Å². The number of ether oxygens (including phenoxy) is 2. The lowest BCUT2D eigenvalue weighted by molar-refractivity contribution is -0.145. The first kappa shape index (κ1) is 25.2. The Morgan fingerprint density at radius 2 is 1.64 bits per heavy atom. The van der Waals surface area contributed by atoms with Crippen molar-refractivity contribution in [1.82, 2.24) is 0 Å². The number of rotatable bonds is 8. The van der Waals surface area contributed by atoms with Gasteiger partial charge >= 0.3 is 5.97 Å². The van der Waals surface area contributed by atoms with Gasteiger partial charge in [0, 0.05) is 31.5 Å². The molecule has 36 heavy (non-hydrogen) atoms. The van der Waals surface area contributed by atoms with Crippen LogP contribution < -0.4 is 9.80 Å². The van der Waals surface area contributed by atoms with Gasteiger partial charge in [0.2, 0.25) is 0 Å². The SMILES string of the molecule is CN(C)c1ccc(-c2ccc(CN(C(=O)[C@H]3COCCO3)c3cccc(C=CC(=O)O)c3)cc2)cc1. The molecule has 0 radical (unpaired) electrons. The molecule has 1 fully saturated rings. The molecule has 0 bridgehead atoms. The summed E-state index contributed by atoms with van der Waals surface area (Å²) < 4.78 is 11.1. The number of hydrogen-bond donors (Lipinski definition) is 1. The van der Waals surface area contributed by atoms with Crippen LogP contribution in [0.25, 0.3) is 17.2 Å². The molecule has 1 aliphatic rings. The van der Waals surface area contributed by atoms with Crippen molar-refractivity contribution in [3.63, 3.8) is 0 Å². The molecule has 7 heteroatoms.